The molecule has 1 saturated heterocycles. The third-order valence-electron chi connectivity index (χ3n) is 3.44. The Morgan fingerprint density at radius 2 is 2.17 bits per heavy atom. The predicted octanol–water partition coefficient (Wildman–Crippen LogP) is 0.394. The fourth-order valence-electron chi connectivity index (χ4n) is 2.33. The zero-order valence-corrected chi connectivity index (χ0v) is 7.31. The van der Waals surface area contributed by atoms with Gasteiger partial charge < -0.3 is 11.1 Å². The normalized spacial score (nSPS) is 32.8. The molecule has 1 heterocycles. The lowest BCUT2D eigenvalue weighted by Crippen LogP contribution is -2.53. The zero-order chi connectivity index (χ0) is 8.60. The first kappa shape index (κ1) is 8.05. The Bertz CT molecular complexity index is 189. The van der Waals surface area contributed by atoms with Crippen molar-refractivity contribution in [3.05, 3.63) is 0 Å². The number of piperidine rings is 1. The maximum atomic E-state index is 10.8. The Morgan fingerprint density at radius 3 is 2.50 bits per heavy atom. The highest BCUT2D eigenvalue weighted by Gasteiger charge is 2.40. The van der Waals surface area contributed by atoms with E-state index in [4.69, 9.17) is 5.73 Å². The van der Waals surface area contributed by atoms with E-state index in [9.17, 15) is 4.79 Å². The molecular weight excluding hydrogens is 152 g/mol. The Hall–Kier alpha value is -0.570. The summed E-state index contributed by atoms with van der Waals surface area (Å²) in [7, 11) is 0. The van der Waals surface area contributed by atoms with Crippen molar-refractivity contribution < 1.29 is 4.79 Å². The second-order valence-electron chi connectivity index (χ2n) is 4.23. The molecule has 1 atom stereocenters. The molecule has 3 nitrogen and oxygen atoms in total. The first-order valence-electron chi connectivity index (χ1n) is 4.75. The monoisotopic (exact) mass is 168 g/mol. The molecule has 3 N–H and O–H groups in total. The van der Waals surface area contributed by atoms with E-state index in [1.54, 1.807) is 0 Å². The summed E-state index contributed by atoms with van der Waals surface area (Å²) < 4.78 is 0. The summed E-state index contributed by atoms with van der Waals surface area (Å²) in [5.74, 6) is -0.191. The summed E-state index contributed by atoms with van der Waals surface area (Å²) >= 11 is 0. The Balaban J connectivity index is 1.88. The van der Waals surface area contributed by atoms with Crippen molar-refractivity contribution in [2.75, 3.05) is 6.54 Å². The van der Waals surface area contributed by atoms with Crippen molar-refractivity contribution >= 4 is 5.91 Å². The van der Waals surface area contributed by atoms with Crippen LogP contribution in [-0.4, -0.2) is 18.5 Å². The van der Waals surface area contributed by atoms with Gasteiger partial charge in [-0.1, -0.05) is 6.42 Å². The molecule has 68 valence electrons. The van der Waals surface area contributed by atoms with Gasteiger partial charge in [-0.3, -0.25) is 4.79 Å². The van der Waals surface area contributed by atoms with Gasteiger partial charge in [-0.05, 0) is 31.1 Å². The van der Waals surface area contributed by atoms with Gasteiger partial charge in [-0.15, -0.1) is 0 Å². The quantitative estimate of drug-likeness (QED) is 0.595. The molecule has 0 radical (unpaired) electrons. The standard InChI is InChI=1S/C9H16N2O/c10-8(12)7-2-5-9(6-11-7)3-1-4-9/h7,11H,1-6H2,(H2,10,12). The molecule has 1 saturated carbocycles. The van der Waals surface area contributed by atoms with E-state index in [-0.39, 0.29) is 11.9 Å². The van der Waals surface area contributed by atoms with Crippen LogP contribution in [0.3, 0.4) is 0 Å². The molecule has 1 spiro atoms. The van der Waals surface area contributed by atoms with Gasteiger partial charge >= 0.3 is 0 Å². The van der Waals surface area contributed by atoms with Crippen LogP contribution < -0.4 is 11.1 Å². The van der Waals surface area contributed by atoms with E-state index < -0.39 is 0 Å². The predicted molar refractivity (Wildman–Crippen MR) is 46.5 cm³/mol. The van der Waals surface area contributed by atoms with Crippen molar-refractivity contribution in [1.82, 2.24) is 5.32 Å². The Kier molecular flexibility index (Phi) is 1.83. The highest BCUT2D eigenvalue weighted by molar-refractivity contribution is 5.79. The van der Waals surface area contributed by atoms with Gasteiger partial charge in [0.25, 0.3) is 0 Å². The molecule has 0 aromatic rings. The smallest absolute Gasteiger partial charge is 0.234 e. The summed E-state index contributed by atoms with van der Waals surface area (Å²) in [6.07, 6.45) is 6.17. The average Bonchev–Trinajstić information content (AvgIpc) is 2.02. The minimum absolute atomic E-state index is 0.0591. The number of hydrogen-bond acceptors (Lipinski definition) is 2. The van der Waals surface area contributed by atoms with Gasteiger partial charge in [0.2, 0.25) is 5.91 Å². The number of amides is 1. The van der Waals surface area contributed by atoms with E-state index in [0.717, 1.165) is 13.0 Å². The zero-order valence-electron chi connectivity index (χ0n) is 7.31. The van der Waals surface area contributed by atoms with E-state index >= 15 is 0 Å². The van der Waals surface area contributed by atoms with Crippen molar-refractivity contribution in [3.8, 4) is 0 Å². The van der Waals surface area contributed by atoms with Crippen LogP contribution in [-0.2, 0) is 4.79 Å². The number of hydrogen-bond donors (Lipinski definition) is 2. The fourth-order valence-corrected chi connectivity index (χ4v) is 2.33. The average molecular weight is 168 g/mol. The van der Waals surface area contributed by atoms with Crippen LogP contribution in [0.2, 0.25) is 0 Å². The van der Waals surface area contributed by atoms with E-state index in [1.807, 2.05) is 0 Å². The van der Waals surface area contributed by atoms with Crippen LogP contribution in [0.25, 0.3) is 0 Å². The van der Waals surface area contributed by atoms with Crippen LogP contribution in [0, 0.1) is 5.41 Å². The number of nitrogens with two attached hydrogens (primary N) is 1. The third-order valence-corrected chi connectivity index (χ3v) is 3.44. The Labute approximate surface area is 72.7 Å². The number of carbonyl (C=O) groups excluding carboxylic acids is 1. The molecule has 0 aromatic heterocycles. The van der Waals surface area contributed by atoms with Gasteiger partial charge in [0, 0.05) is 6.54 Å². The maximum absolute atomic E-state index is 10.8. The van der Waals surface area contributed by atoms with Crippen LogP contribution in [0.1, 0.15) is 32.1 Å². The minimum atomic E-state index is -0.191. The fraction of sp³-hybridized carbons (Fsp3) is 0.889. The molecule has 3 heteroatoms. The SMILES string of the molecule is NC(=O)C1CCC2(CCC2)CN1. The topological polar surface area (TPSA) is 55.1 Å². The minimum Gasteiger partial charge on any atom is -0.368 e. The summed E-state index contributed by atoms with van der Waals surface area (Å²) in [5.41, 5.74) is 5.76. The van der Waals surface area contributed by atoms with Gasteiger partial charge in [-0.25, -0.2) is 0 Å². The molecule has 0 aromatic carbocycles. The maximum Gasteiger partial charge on any atom is 0.234 e. The lowest BCUT2D eigenvalue weighted by molar-refractivity contribution is -0.121. The number of primary amides is 1. The highest BCUT2D eigenvalue weighted by Crippen LogP contribution is 2.46. The van der Waals surface area contributed by atoms with Crippen LogP contribution in [0.4, 0.5) is 0 Å². The largest absolute Gasteiger partial charge is 0.368 e. The first-order valence-corrected chi connectivity index (χ1v) is 4.75. The molecule has 12 heavy (non-hydrogen) atoms. The van der Waals surface area contributed by atoms with Gasteiger partial charge in [-0.2, -0.15) is 0 Å². The highest BCUT2D eigenvalue weighted by atomic mass is 16.1. The van der Waals surface area contributed by atoms with Gasteiger partial charge in [0.05, 0.1) is 6.04 Å². The van der Waals surface area contributed by atoms with E-state index in [0.29, 0.717) is 5.41 Å². The molecule has 1 unspecified atom stereocenters. The molecular formula is C9H16N2O. The Morgan fingerprint density at radius 1 is 1.42 bits per heavy atom. The van der Waals surface area contributed by atoms with Crippen LogP contribution in [0.5, 0.6) is 0 Å². The number of carbonyl (C=O) groups is 1. The van der Waals surface area contributed by atoms with Crippen molar-refractivity contribution in [2.24, 2.45) is 11.1 Å². The summed E-state index contributed by atoms with van der Waals surface area (Å²) in [4.78, 5) is 10.8. The molecule has 1 amide bonds. The second kappa shape index (κ2) is 2.73. The molecule has 0 bridgehead atoms. The van der Waals surface area contributed by atoms with Crippen molar-refractivity contribution in [3.63, 3.8) is 0 Å². The van der Waals surface area contributed by atoms with Gasteiger partial charge in [0.15, 0.2) is 0 Å². The number of nitrogens with one attached hydrogen (secondary N) is 1. The molecule has 2 rings (SSSR count). The van der Waals surface area contributed by atoms with E-state index in [2.05, 4.69) is 5.32 Å². The first-order chi connectivity index (χ1) is 5.72. The van der Waals surface area contributed by atoms with E-state index in [1.165, 1.54) is 25.7 Å². The lowest BCUT2D eigenvalue weighted by Gasteiger charge is -2.46. The van der Waals surface area contributed by atoms with Crippen LogP contribution in [0.15, 0.2) is 0 Å². The third kappa shape index (κ3) is 1.22. The lowest BCUT2D eigenvalue weighted by atomic mass is 9.64. The van der Waals surface area contributed by atoms with Crippen molar-refractivity contribution in [1.29, 1.82) is 0 Å². The molecule has 2 fully saturated rings. The van der Waals surface area contributed by atoms with Crippen LogP contribution >= 0.6 is 0 Å². The second-order valence-corrected chi connectivity index (χ2v) is 4.23. The number of rotatable bonds is 1. The molecule has 1 aliphatic heterocycles. The summed E-state index contributed by atoms with van der Waals surface area (Å²) in [6.45, 7) is 1.00. The van der Waals surface area contributed by atoms with Crippen molar-refractivity contribution in [2.45, 2.75) is 38.1 Å². The molecule has 1 aliphatic carbocycles. The van der Waals surface area contributed by atoms with Gasteiger partial charge in [0.1, 0.15) is 0 Å². The summed E-state index contributed by atoms with van der Waals surface area (Å²) in [6, 6.07) is -0.0591. The summed E-state index contributed by atoms with van der Waals surface area (Å²) in [5, 5.41) is 3.24. The molecule has 2 aliphatic rings.